The van der Waals surface area contributed by atoms with E-state index in [1.807, 2.05) is 26.1 Å². The molecule has 9 nitrogen and oxygen atoms in total. The molecule has 0 radical (unpaired) electrons. The van der Waals surface area contributed by atoms with Crippen molar-refractivity contribution in [1.82, 2.24) is 23.3 Å². The van der Waals surface area contributed by atoms with Crippen LogP contribution in [0.2, 0.25) is 0 Å². The third kappa shape index (κ3) is 4.23. The largest absolute Gasteiger partial charge is 0.454 e. The summed E-state index contributed by atoms with van der Waals surface area (Å²) < 4.78 is 35.4. The Balaban J connectivity index is 1.59. The molecule has 1 saturated heterocycles. The van der Waals surface area contributed by atoms with Crippen molar-refractivity contribution in [3.05, 3.63) is 42.1 Å². The lowest BCUT2D eigenvalue weighted by atomic mass is 10.3. The van der Waals surface area contributed by atoms with Crippen LogP contribution in [0, 0.1) is 0 Å². The molecule has 1 amide bonds. The standard InChI is InChI=1S/C17H25N5O4S/c1-3-21(4-2)27(24,25)22-12-10-19(11-13-22)17(23)16-7-6-15(26-16)14-20-9-5-8-18-20/h5-9H,3-4,10-14H2,1-2H3. The van der Waals surface area contributed by atoms with Crippen LogP contribution in [-0.2, 0) is 16.8 Å². The van der Waals surface area contributed by atoms with Crippen LogP contribution in [0.4, 0.5) is 0 Å². The van der Waals surface area contributed by atoms with Crippen molar-refractivity contribution in [2.45, 2.75) is 20.4 Å². The molecule has 27 heavy (non-hydrogen) atoms. The molecule has 0 aliphatic carbocycles. The topological polar surface area (TPSA) is 91.9 Å². The summed E-state index contributed by atoms with van der Waals surface area (Å²) in [5.74, 6) is 0.684. The van der Waals surface area contributed by atoms with Gasteiger partial charge in [0.25, 0.3) is 16.1 Å². The molecule has 0 N–H and O–H groups in total. The zero-order chi connectivity index (χ0) is 19.4. The van der Waals surface area contributed by atoms with Crippen molar-refractivity contribution in [2.24, 2.45) is 0 Å². The number of furan rings is 1. The van der Waals surface area contributed by atoms with E-state index in [9.17, 15) is 13.2 Å². The number of piperazine rings is 1. The Kier molecular flexibility index (Phi) is 5.98. The molecule has 1 aliphatic rings. The molecular weight excluding hydrogens is 370 g/mol. The van der Waals surface area contributed by atoms with Crippen molar-refractivity contribution in [1.29, 1.82) is 0 Å². The van der Waals surface area contributed by atoms with Gasteiger partial charge < -0.3 is 9.32 Å². The minimum Gasteiger partial charge on any atom is -0.454 e. The second-order valence-corrected chi connectivity index (χ2v) is 8.18. The minimum atomic E-state index is -3.47. The Morgan fingerprint density at radius 2 is 1.89 bits per heavy atom. The van der Waals surface area contributed by atoms with Gasteiger partial charge in [-0.1, -0.05) is 13.8 Å². The van der Waals surface area contributed by atoms with Crippen LogP contribution in [-0.4, -0.2) is 76.9 Å². The molecule has 2 aromatic heterocycles. The Hall–Kier alpha value is -2.17. The molecule has 3 heterocycles. The molecule has 0 saturated carbocycles. The van der Waals surface area contributed by atoms with Gasteiger partial charge in [0.2, 0.25) is 0 Å². The Morgan fingerprint density at radius 1 is 1.19 bits per heavy atom. The summed E-state index contributed by atoms with van der Waals surface area (Å²) >= 11 is 0. The highest BCUT2D eigenvalue weighted by Gasteiger charge is 2.32. The van der Waals surface area contributed by atoms with Gasteiger partial charge >= 0.3 is 0 Å². The number of carbonyl (C=O) groups excluding carboxylic acids is 1. The second kappa shape index (κ2) is 8.24. The zero-order valence-electron chi connectivity index (χ0n) is 15.6. The van der Waals surface area contributed by atoms with Gasteiger partial charge in [0.05, 0.1) is 6.54 Å². The molecule has 148 valence electrons. The van der Waals surface area contributed by atoms with E-state index in [4.69, 9.17) is 4.42 Å². The van der Waals surface area contributed by atoms with Crippen molar-refractivity contribution in [3.63, 3.8) is 0 Å². The fourth-order valence-electron chi connectivity index (χ4n) is 3.12. The first-order valence-corrected chi connectivity index (χ1v) is 10.5. The number of hydrogen-bond acceptors (Lipinski definition) is 5. The van der Waals surface area contributed by atoms with Crippen LogP contribution in [0.25, 0.3) is 0 Å². The number of hydrogen-bond donors (Lipinski definition) is 0. The first-order chi connectivity index (χ1) is 13.0. The molecule has 0 aromatic carbocycles. The summed E-state index contributed by atoms with van der Waals surface area (Å²) in [6.07, 6.45) is 3.50. The van der Waals surface area contributed by atoms with Crippen molar-refractivity contribution in [2.75, 3.05) is 39.3 Å². The highest BCUT2D eigenvalue weighted by Crippen LogP contribution is 2.16. The van der Waals surface area contributed by atoms with E-state index < -0.39 is 10.2 Å². The average molecular weight is 395 g/mol. The van der Waals surface area contributed by atoms with E-state index in [-0.39, 0.29) is 24.8 Å². The van der Waals surface area contributed by atoms with Gasteiger partial charge in [-0.05, 0) is 18.2 Å². The number of nitrogens with zero attached hydrogens (tertiary/aromatic N) is 5. The van der Waals surface area contributed by atoms with Gasteiger partial charge in [-0.2, -0.15) is 22.1 Å². The molecule has 0 bridgehead atoms. The lowest BCUT2D eigenvalue weighted by Crippen LogP contribution is -2.54. The number of amides is 1. The predicted octanol–water partition coefficient (Wildman–Crippen LogP) is 0.869. The van der Waals surface area contributed by atoms with Gasteiger partial charge in [0.15, 0.2) is 5.76 Å². The molecular formula is C17H25N5O4S. The maximum atomic E-state index is 12.6. The van der Waals surface area contributed by atoms with E-state index >= 15 is 0 Å². The smallest absolute Gasteiger partial charge is 0.289 e. The molecule has 10 heteroatoms. The molecule has 0 atom stereocenters. The number of rotatable bonds is 7. The lowest BCUT2D eigenvalue weighted by molar-refractivity contribution is 0.0660. The maximum Gasteiger partial charge on any atom is 0.289 e. The molecule has 0 unspecified atom stereocenters. The summed E-state index contributed by atoms with van der Waals surface area (Å²) in [4.78, 5) is 14.3. The van der Waals surface area contributed by atoms with Gasteiger partial charge in [-0.3, -0.25) is 9.48 Å². The van der Waals surface area contributed by atoms with E-state index in [1.165, 1.54) is 8.61 Å². The summed E-state index contributed by atoms with van der Waals surface area (Å²) in [5, 5.41) is 4.11. The molecule has 3 rings (SSSR count). The normalized spacial score (nSPS) is 16.2. The van der Waals surface area contributed by atoms with Crippen LogP contribution in [0.5, 0.6) is 0 Å². The van der Waals surface area contributed by atoms with Gasteiger partial charge in [0, 0.05) is 51.7 Å². The summed E-state index contributed by atoms with van der Waals surface area (Å²) in [6.45, 7) is 6.21. The fraction of sp³-hybridized carbons (Fsp3) is 0.529. The fourth-order valence-corrected chi connectivity index (χ4v) is 4.73. The van der Waals surface area contributed by atoms with Crippen LogP contribution in [0.1, 0.15) is 30.2 Å². The lowest BCUT2D eigenvalue weighted by Gasteiger charge is -2.35. The van der Waals surface area contributed by atoms with Gasteiger partial charge in [-0.25, -0.2) is 0 Å². The third-order valence-electron chi connectivity index (χ3n) is 4.63. The quantitative estimate of drug-likeness (QED) is 0.694. The van der Waals surface area contributed by atoms with Crippen LogP contribution < -0.4 is 0 Å². The van der Waals surface area contributed by atoms with Crippen LogP contribution in [0.3, 0.4) is 0 Å². The molecule has 2 aromatic rings. The molecule has 1 aliphatic heterocycles. The first kappa shape index (κ1) is 19.6. The van der Waals surface area contributed by atoms with E-state index in [0.717, 1.165) is 0 Å². The van der Waals surface area contributed by atoms with Gasteiger partial charge in [0.1, 0.15) is 5.76 Å². The monoisotopic (exact) mass is 395 g/mol. The van der Waals surface area contributed by atoms with E-state index in [1.54, 1.807) is 27.9 Å². The van der Waals surface area contributed by atoms with Crippen LogP contribution in [0.15, 0.2) is 35.0 Å². The van der Waals surface area contributed by atoms with Gasteiger partial charge in [-0.15, -0.1) is 0 Å². The molecule has 1 fully saturated rings. The molecule has 0 spiro atoms. The zero-order valence-corrected chi connectivity index (χ0v) is 16.4. The van der Waals surface area contributed by atoms with Crippen molar-refractivity contribution >= 4 is 16.1 Å². The second-order valence-electron chi connectivity index (χ2n) is 6.25. The van der Waals surface area contributed by atoms with E-state index in [0.29, 0.717) is 38.5 Å². The average Bonchev–Trinajstić information content (AvgIpc) is 3.34. The highest BCUT2D eigenvalue weighted by atomic mass is 32.2. The summed E-state index contributed by atoms with van der Waals surface area (Å²) in [5.41, 5.74) is 0. The SMILES string of the molecule is CCN(CC)S(=O)(=O)N1CCN(C(=O)c2ccc(Cn3cccn3)o2)CC1. The number of carbonyl (C=O) groups is 1. The minimum absolute atomic E-state index is 0.221. The Morgan fingerprint density at radius 3 is 2.48 bits per heavy atom. The highest BCUT2D eigenvalue weighted by molar-refractivity contribution is 7.86. The summed E-state index contributed by atoms with van der Waals surface area (Å²) in [6, 6.07) is 5.23. The third-order valence-corrected chi connectivity index (χ3v) is 6.82. The van der Waals surface area contributed by atoms with Crippen molar-refractivity contribution < 1.29 is 17.6 Å². The van der Waals surface area contributed by atoms with E-state index in [2.05, 4.69) is 5.10 Å². The maximum absolute atomic E-state index is 12.6. The summed E-state index contributed by atoms with van der Waals surface area (Å²) in [7, 11) is -3.47. The predicted molar refractivity (Wildman–Crippen MR) is 99.4 cm³/mol. The first-order valence-electron chi connectivity index (χ1n) is 9.06. The number of aromatic nitrogens is 2. The van der Waals surface area contributed by atoms with Crippen molar-refractivity contribution in [3.8, 4) is 0 Å². The van der Waals surface area contributed by atoms with Crippen LogP contribution >= 0.6 is 0 Å². The Labute approximate surface area is 159 Å². The Bertz CT molecular complexity index is 850.